The number of nitrogens with one attached hydrogen (secondary N) is 1. The van der Waals surface area contributed by atoms with Gasteiger partial charge >= 0.3 is 0 Å². The number of fused-ring (bicyclic) bond motifs is 2. The van der Waals surface area contributed by atoms with E-state index in [1.54, 1.807) is 0 Å². The molecule has 3 heterocycles. The highest BCUT2D eigenvalue weighted by atomic mass is 16.5. The van der Waals surface area contributed by atoms with Crippen molar-refractivity contribution in [2.75, 3.05) is 13.6 Å². The summed E-state index contributed by atoms with van der Waals surface area (Å²) in [6.07, 6.45) is 11.5. The lowest BCUT2D eigenvalue weighted by Gasteiger charge is -2.62. The molecule has 10 atom stereocenters. The van der Waals surface area contributed by atoms with Crippen LogP contribution in [0.3, 0.4) is 0 Å². The number of aromatic nitrogens is 1. The Balaban J connectivity index is 1.23. The molecule has 2 bridgehead atoms. The van der Waals surface area contributed by atoms with Gasteiger partial charge in [-0.1, -0.05) is 19.1 Å². The molecule has 2 spiro atoms. The van der Waals surface area contributed by atoms with Crippen LogP contribution in [-0.2, 0) is 4.74 Å². The van der Waals surface area contributed by atoms with Gasteiger partial charge in [0, 0.05) is 36.2 Å². The summed E-state index contributed by atoms with van der Waals surface area (Å²) in [5.41, 5.74) is 1.39. The molecule has 1 aromatic carbocycles. The van der Waals surface area contributed by atoms with Gasteiger partial charge in [0.05, 0.1) is 23.4 Å². The molecule has 1 aromatic heterocycles. The Morgan fingerprint density at radius 3 is 2.80 bits per heavy atom. The Hall–Kier alpha value is -1.53. The number of ether oxygens (including phenoxy) is 1. The minimum atomic E-state index is -0.672. The highest BCUT2D eigenvalue weighted by Gasteiger charge is 2.72. The molecule has 0 unspecified atom stereocenters. The monoisotopic (exact) mass is 476 g/mol. The maximum Gasteiger partial charge on any atom is 0.0858 e. The molecule has 2 saturated heterocycles. The Kier molecular flexibility index (Phi) is 5.01. The van der Waals surface area contributed by atoms with E-state index in [4.69, 9.17) is 4.74 Å². The standard InChI is InChI=1S/C30H40N2O3/c1-28-9-7-22-14-24-27(34)26(33)21(16-31-2)15-29(24)10-11-30(22,35-29)25(28)6-5-23(28)19-4-3-18-8-12-32-17-20(18)13-19/h3-4,8,12-13,17,21-27,31,33-34H,5-7,9-11,14-16H2,1-2H3/t21-,22-,23-,24-,25-,26-,27-,28-,29-,30-/m1/s1. The number of benzene rings is 1. The van der Waals surface area contributed by atoms with E-state index in [1.165, 1.54) is 42.0 Å². The average molecular weight is 477 g/mol. The number of pyridine rings is 1. The van der Waals surface area contributed by atoms with Crippen molar-refractivity contribution in [2.45, 2.75) is 87.6 Å². The molecular formula is C30H40N2O3. The van der Waals surface area contributed by atoms with Gasteiger partial charge in [-0.3, -0.25) is 4.98 Å². The summed E-state index contributed by atoms with van der Waals surface area (Å²) in [7, 11) is 1.94. The fourth-order valence-electron chi connectivity index (χ4n) is 10.1. The number of rotatable bonds is 3. The molecule has 3 saturated carbocycles. The molecule has 188 valence electrons. The molecule has 2 aliphatic heterocycles. The van der Waals surface area contributed by atoms with Crippen molar-refractivity contribution in [3.8, 4) is 0 Å². The fourth-order valence-corrected chi connectivity index (χ4v) is 10.1. The van der Waals surface area contributed by atoms with Gasteiger partial charge in [0.25, 0.3) is 0 Å². The Labute approximate surface area is 208 Å². The lowest BCUT2D eigenvalue weighted by Crippen LogP contribution is -2.66. The zero-order valence-electron chi connectivity index (χ0n) is 21.1. The van der Waals surface area contributed by atoms with Crippen LogP contribution in [0.2, 0.25) is 0 Å². The number of hydrogen-bond acceptors (Lipinski definition) is 5. The largest absolute Gasteiger partial charge is 0.390 e. The second-order valence-electron chi connectivity index (χ2n) is 12.9. The van der Waals surface area contributed by atoms with E-state index in [-0.39, 0.29) is 28.5 Å². The maximum atomic E-state index is 11.2. The third-order valence-corrected chi connectivity index (χ3v) is 11.6. The summed E-state index contributed by atoms with van der Waals surface area (Å²) in [6.45, 7) is 3.28. The first kappa shape index (κ1) is 22.7. The zero-order valence-corrected chi connectivity index (χ0v) is 21.1. The molecular weight excluding hydrogens is 436 g/mol. The van der Waals surface area contributed by atoms with Crippen LogP contribution in [-0.4, -0.2) is 52.2 Å². The zero-order chi connectivity index (χ0) is 24.0. The van der Waals surface area contributed by atoms with Crippen LogP contribution in [0, 0.1) is 29.1 Å². The van der Waals surface area contributed by atoms with Gasteiger partial charge in [0.1, 0.15) is 0 Å². The normalized spacial score (nSPS) is 48.4. The van der Waals surface area contributed by atoms with Crippen molar-refractivity contribution >= 4 is 10.8 Å². The first-order chi connectivity index (χ1) is 16.9. The average Bonchev–Trinajstić information content (AvgIpc) is 3.38. The SMILES string of the molecule is CNC[C@H]1C[C@@]23CC[C@@]4(O2)[C@H](CC[C@]2(C)[C@@H](c5ccc6ccncc6c5)CC[C@H]24)C[C@@H]3[C@@H](O)[C@@H]1O. The molecule has 35 heavy (non-hydrogen) atoms. The van der Waals surface area contributed by atoms with Crippen molar-refractivity contribution in [1.29, 1.82) is 0 Å². The number of hydrogen-bond donors (Lipinski definition) is 3. The second kappa shape index (κ2) is 7.74. The molecule has 3 aliphatic carbocycles. The van der Waals surface area contributed by atoms with Crippen molar-refractivity contribution in [1.82, 2.24) is 10.3 Å². The predicted molar refractivity (Wildman–Crippen MR) is 136 cm³/mol. The molecule has 2 aromatic rings. The molecule has 7 rings (SSSR count). The lowest BCUT2D eigenvalue weighted by molar-refractivity contribution is -0.287. The number of aliphatic hydroxyl groups excluding tert-OH is 2. The van der Waals surface area contributed by atoms with Gasteiger partial charge in [-0.25, -0.2) is 0 Å². The van der Waals surface area contributed by atoms with Gasteiger partial charge in [0.15, 0.2) is 0 Å². The van der Waals surface area contributed by atoms with Gasteiger partial charge in [-0.2, -0.15) is 0 Å². The molecule has 0 amide bonds. The minimum absolute atomic E-state index is 0.0514. The second-order valence-corrected chi connectivity index (χ2v) is 12.9. The molecule has 5 heteroatoms. The van der Waals surface area contributed by atoms with Crippen LogP contribution in [0.1, 0.15) is 69.8 Å². The first-order valence-electron chi connectivity index (χ1n) is 13.9. The molecule has 3 N–H and O–H groups in total. The van der Waals surface area contributed by atoms with E-state index in [1.807, 2.05) is 19.4 Å². The Morgan fingerprint density at radius 2 is 1.94 bits per heavy atom. The van der Waals surface area contributed by atoms with E-state index in [0.717, 1.165) is 32.2 Å². The van der Waals surface area contributed by atoms with Crippen LogP contribution in [0.25, 0.3) is 10.8 Å². The third-order valence-electron chi connectivity index (χ3n) is 11.6. The molecule has 5 nitrogen and oxygen atoms in total. The number of aliphatic hydroxyl groups is 2. The minimum Gasteiger partial charge on any atom is -0.390 e. The first-order valence-corrected chi connectivity index (χ1v) is 13.9. The van der Waals surface area contributed by atoms with Gasteiger partial charge in [0.2, 0.25) is 0 Å². The topological polar surface area (TPSA) is 74.6 Å². The maximum absolute atomic E-state index is 11.2. The Morgan fingerprint density at radius 1 is 1.06 bits per heavy atom. The van der Waals surface area contributed by atoms with E-state index in [2.05, 4.69) is 41.5 Å². The van der Waals surface area contributed by atoms with Crippen LogP contribution < -0.4 is 5.32 Å². The van der Waals surface area contributed by atoms with Crippen molar-refractivity contribution in [2.24, 2.45) is 29.1 Å². The van der Waals surface area contributed by atoms with E-state index >= 15 is 0 Å². The predicted octanol–water partition coefficient (Wildman–Crippen LogP) is 4.41. The highest BCUT2D eigenvalue weighted by Crippen LogP contribution is 2.72. The van der Waals surface area contributed by atoms with Crippen LogP contribution >= 0.6 is 0 Å². The number of nitrogens with zero attached hydrogens (tertiary/aromatic N) is 1. The van der Waals surface area contributed by atoms with Gasteiger partial charge in [-0.05, 0) is 105 Å². The summed E-state index contributed by atoms with van der Waals surface area (Å²) in [4.78, 5) is 4.37. The Bertz CT molecular complexity index is 1140. The fraction of sp³-hybridized carbons (Fsp3) is 0.700. The summed E-state index contributed by atoms with van der Waals surface area (Å²) in [5, 5.41) is 27.9. The quantitative estimate of drug-likeness (QED) is 0.612. The van der Waals surface area contributed by atoms with Crippen LogP contribution in [0.4, 0.5) is 0 Å². The summed E-state index contributed by atoms with van der Waals surface area (Å²) >= 11 is 0. The van der Waals surface area contributed by atoms with E-state index in [0.29, 0.717) is 17.8 Å². The van der Waals surface area contributed by atoms with Crippen molar-refractivity contribution in [3.63, 3.8) is 0 Å². The smallest absolute Gasteiger partial charge is 0.0858 e. The summed E-state index contributed by atoms with van der Waals surface area (Å²) in [6, 6.07) is 9.12. The molecule has 5 fully saturated rings. The van der Waals surface area contributed by atoms with Gasteiger partial charge in [-0.15, -0.1) is 0 Å². The van der Waals surface area contributed by atoms with Crippen LogP contribution in [0.5, 0.6) is 0 Å². The summed E-state index contributed by atoms with van der Waals surface area (Å²) < 4.78 is 7.40. The van der Waals surface area contributed by atoms with E-state index in [9.17, 15) is 10.2 Å². The third kappa shape index (κ3) is 2.99. The molecule has 0 radical (unpaired) electrons. The summed E-state index contributed by atoms with van der Waals surface area (Å²) in [5.74, 6) is 1.75. The van der Waals surface area contributed by atoms with Crippen LogP contribution in [0.15, 0.2) is 36.7 Å². The van der Waals surface area contributed by atoms with E-state index < -0.39 is 12.2 Å². The lowest BCUT2D eigenvalue weighted by atomic mass is 9.52. The van der Waals surface area contributed by atoms with Gasteiger partial charge < -0.3 is 20.3 Å². The highest BCUT2D eigenvalue weighted by molar-refractivity contribution is 5.82. The van der Waals surface area contributed by atoms with Crippen molar-refractivity contribution < 1.29 is 14.9 Å². The molecule has 5 aliphatic rings. The van der Waals surface area contributed by atoms with Crippen molar-refractivity contribution in [3.05, 3.63) is 42.2 Å².